The maximum Gasteiger partial charge on any atom is 0.168 e. The standard InChI is InChI=1S/C14H20N6S/c1-10(13-16-17-18-20(13)12-2-3-12)19-7-4-11(5-8-19)14-15-6-9-21-14/h6,9-12H,2-5,7-8H2,1H3. The molecule has 2 aromatic rings. The van der Waals surface area contributed by atoms with Crippen LogP contribution in [0.3, 0.4) is 0 Å². The monoisotopic (exact) mass is 304 g/mol. The highest BCUT2D eigenvalue weighted by Gasteiger charge is 2.33. The minimum absolute atomic E-state index is 0.304. The van der Waals surface area contributed by atoms with Crippen LogP contribution in [0.4, 0.5) is 0 Å². The largest absolute Gasteiger partial charge is 0.294 e. The molecule has 1 saturated heterocycles. The Balaban J connectivity index is 1.42. The van der Waals surface area contributed by atoms with Crippen LogP contribution in [0, 0.1) is 0 Å². The summed E-state index contributed by atoms with van der Waals surface area (Å²) in [4.78, 5) is 6.98. The first-order valence-corrected chi connectivity index (χ1v) is 8.62. The van der Waals surface area contributed by atoms with E-state index in [2.05, 4.69) is 37.7 Å². The summed E-state index contributed by atoms with van der Waals surface area (Å²) in [5.74, 6) is 1.66. The Labute approximate surface area is 128 Å². The van der Waals surface area contributed by atoms with Crippen molar-refractivity contribution in [1.29, 1.82) is 0 Å². The van der Waals surface area contributed by atoms with E-state index in [1.807, 2.05) is 10.9 Å². The van der Waals surface area contributed by atoms with Crippen LogP contribution in [-0.2, 0) is 0 Å². The minimum Gasteiger partial charge on any atom is -0.294 e. The van der Waals surface area contributed by atoms with Crippen LogP contribution in [0.2, 0.25) is 0 Å². The normalized spacial score (nSPS) is 22.5. The fraction of sp³-hybridized carbons (Fsp3) is 0.714. The molecular formula is C14H20N6S. The zero-order valence-electron chi connectivity index (χ0n) is 12.2. The number of piperidine rings is 1. The zero-order chi connectivity index (χ0) is 14.2. The molecule has 7 heteroatoms. The smallest absolute Gasteiger partial charge is 0.168 e. The number of aromatic nitrogens is 5. The summed E-state index contributed by atoms with van der Waals surface area (Å²) in [7, 11) is 0. The van der Waals surface area contributed by atoms with Gasteiger partial charge in [-0.25, -0.2) is 9.67 Å². The van der Waals surface area contributed by atoms with Crippen LogP contribution in [0.5, 0.6) is 0 Å². The first kappa shape index (κ1) is 13.3. The van der Waals surface area contributed by atoms with Gasteiger partial charge in [0.1, 0.15) is 0 Å². The van der Waals surface area contributed by atoms with Crippen LogP contribution in [-0.4, -0.2) is 43.2 Å². The summed E-state index contributed by atoms with van der Waals surface area (Å²) in [6, 6.07) is 0.850. The molecule has 1 unspecified atom stereocenters. The summed E-state index contributed by atoms with van der Waals surface area (Å²) < 4.78 is 2.04. The van der Waals surface area contributed by atoms with E-state index < -0.39 is 0 Å². The van der Waals surface area contributed by atoms with Crippen LogP contribution in [0.25, 0.3) is 0 Å². The van der Waals surface area contributed by atoms with Crippen LogP contribution in [0.15, 0.2) is 11.6 Å². The van der Waals surface area contributed by atoms with Gasteiger partial charge in [0.15, 0.2) is 5.82 Å². The lowest BCUT2D eigenvalue weighted by Crippen LogP contribution is -2.36. The van der Waals surface area contributed by atoms with Gasteiger partial charge in [0.2, 0.25) is 0 Å². The molecule has 1 aliphatic carbocycles. The molecule has 1 atom stereocenters. The summed E-state index contributed by atoms with van der Waals surface area (Å²) in [5, 5.41) is 15.7. The number of thiazole rings is 1. The molecule has 0 aromatic carbocycles. The number of likely N-dealkylation sites (tertiary alicyclic amines) is 1. The topological polar surface area (TPSA) is 59.7 Å². The lowest BCUT2D eigenvalue weighted by atomic mass is 9.96. The highest BCUT2D eigenvalue weighted by Crippen LogP contribution is 2.37. The third kappa shape index (κ3) is 2.60. The second-order valence-corrected chi connectivity index (χ2v) is 7.00. The molecule has 4 rings (SSSR count). The number of tetrazole rings is 1. The lowest BCUT2D eigenvalue weighted by Gasteiger charge is -2.34. The van der Waals surface area contributed by atoms with Gasteiger partial charge >= 0.3 is 0 Å². The van der Waals surface area contributed by atoms with Crippen molar-refractivity contribution in [2.75, 3.05) is 13.1 Å². The van der Waals surface area contributed by atoms with Gasteiger partial charge in [-0.05, 0) is 56.1 Å². The van der Waals surface area contributed by atoms with E-state index in [1.54, 1.807) is 11.3 Å². The van der Waals surface area contributed by atoms with Gasteiger partial charge in [0, 0.05) is 17.5 Å². The average molecular weight is 304 g/mol. The molecule has 6 nitrogen and oxygen atoms in total. The molecule has 0 radical (unpaired) electrons. The molecule has 2 aliphatic rings. The van der Waals surface area contributed by atoms with Crippen LogP contribution < -0.4 is 0 Å². The fourth-order valence-corrected chi connectivity index (χ4v) is 4.00. The molecule has 112 valence electrons. The van der Waals surface area contributed by atoms with E-state index in [0.717, 1.165) is 18.9 Å². The Bertz CT molecular complexity index is 582. The van der Waals surface area contributed by atoms with Crippen molar-refractivity contribution in [2.24, 2.45) is 0 Å². The quantitative estimate of drug-likeness (QED) is 0.868. The second kappa shape index (κ2) is 5.46. The van der Waals surface area contributed by atoms with E-state index in [0.29, 0.717) is 18.0 Å². The Morgan fingerprint density at radius 3 is 2.71 bits per heavy atom. The molecule has 0 N–H and O–H groups in total. The molecule has 0 spiro atoms. The lowest BCUT2D eigenvalue weighted by molar-refractivity contribution is 0.153. The maximum absolute atomic E-state index is 4.47. The first-order chi connectivity index (χ1) is 10.3. The molecule has 2 fully saturated rings. The summed E-state index contributed by atoms with van der Waals surface area (Å²) in [6.07, 6.45) is 6.72. The van der Waals surface area contributed by atoms with E-state index >= 15 is 0 Å². The number of hydrogen-bond acceptors (Lipinski definition) is 6. The highest BCUT2D eigenvalue weighted by molar-refractivity contribution is 7.09. The van der Waals surface area contributed by atoms with Gasteiger partial charge in [-0.15, -0.1) is 16.4 Å². The van der Waals surface area contributed by atoms with Crippen molar-refractivity contribution in [3.8, 4) is 0 Å². The van der Waals surface area contributed by atoms with Crippen molar-refractivity contribution >= 4 is 11.3 Å². The summed E-state index contributed by atoms with van der Waals surface area (Å²) in [5.41, 5.74) is 0. The van der Waals surface area contributed by atoms with Gasteiger partial charge < -0.3 is 0 Å². The van der Waals surface area contributed by atoms with E-state index in [-0.39, 0.29) is 0 Å². The molecule has 1 aliphatic heterocycles. The zero-order valence-corrected chi connectivity index (χ0v) is 13.0. The predicted octanol–water partition coefficient (Wildman–Crippen LogP) is 2.41. The van der Waals surface area contributed by atoms with Crippen molar-refractivity contribution in [3.63, 3.8) is 0 Å². The fourth-order valence-electron chi connectivity index (χ4n) is 3.19. The molecule has 3 heterocycles. The van der Waals surface area contributed by atoms with Gasteiger partial charge in [-0.2, -0.15) is 0 Å². The van der Waals surface area contributed by atoms with Gasteiger partial charge in [-0.1, -0.05) is 0 Å². The molecule has 0 bridgehead atoms. The van der Waals surface area contributed by atoms with E-state index in [9.17, 15) is 0 Å². The second-order valence-electron chi connectivity index (χ2n) is 6.07. The third-order valence-electron chi connectivity index (χ3n) is 4.66. The Morgan fingerprint density at radius 2 is 2.05 bits per heavy atom. The summed E-state index contributed by atoms with van der Waals surface area (Å²) in [6.45, 7) is 4.43. The van der Waals surface area contributed by atoms with Crippen LogP contribution >= 0.6 is 11.3 Å². The number of hydrogen-bond donors (Lipinski definition) is 0. The molecule has 1 saturated carbocycles. The Kier molecular flexibility index (Phi) is 3.46. The maximum atomic E-state index is 4.47. The number of rotatable bonds is 4. The van der Waals surface area contributed by atoms with E-state index in [1.165, 1.54) is 30.7 Å². The SMILES string of the molecule is CC(c1nnnn1C1CC1)N1CCC(c2nccs2)CC1. The third-order valence-corrected chi connectivity index (χ3v) is 5.60. The Hall–Kier alpha value is -1.34. The summed E-state index contributed by atoms with van der Waals surface area (Å²) >= 11 is 1.79. The van der Waals surface area contributed by atoms with Gasteiger partial charge in [0.05, 0.1) is 17.1 Å². The molecular weight excluding hydrogens is 284 g/mol. The van der Waals surface area contributed by atoms with E-state index in [4.69, 9.17) is 0 Å². The van der Waals surface area contributed by atoms with Gasteiger partial charge in [-0.3, -0.25) is 4.90 Å². The minimum atomic E-state index is 0.304. The van der Waals surface area contributed by atoms with Crippen LogP contribution in [0.1, 0.15) is 61.4 Å². The van der Waals surface area contributed by atoms with Gasteiger partial charge in [0.25, 0.3) is 0 Å². The first-order valence-electron chi connectivity index (χ1n) is 7.74. The molecule has 21 heavy (non-hydrogen) atoms. The average Bonchev–Trinajstić information content (AvgIpc) is 3.05. The molecule has 0 amide bonds. The van der Waals surface area contributed by atoms with Crippen molar-refractivity contribution in [1.82, 2.24) is 30.1 Å². The van der Waals surface area contributed by atoms with Crippen molar-refractivity contribution in [3.05, 3.63) is 22.4 Å². The number of nitrogens with zero attached hydrogens (tertiary/aromatic N) is 6. The van der Waals surface area contributed by atoms with Crippen molar-refractivity contribution in [2.45, 2.75) is 50.6 Å². The van der Waals surface area contributed by atoms with Crippen molar-refractivity contribution < 1.29 is 0 Å². The highest BCUT2D eigenvalue weighted by atomic mass is 32.1. The Morgan fingerprint density at radius 1 is 1.24 bits per heavy atom. The molecule has 2 aromatic heterocycles. The predicted molar refractivity (Wildman–Crippen MR) is 80.2 cm³/mol.